The van der Waals surface area contributed by atoms with Crippen molar-refractivity contribution in [2.24, 2.45) is 0 Å². The Labute approximate surface area is 122 Å². The fourth-order valence-electron chi connectivity index (χ4n) is 1.94. The number of hydrogen-bond acceptors (Lipinski definition) is 3. The Morgan fingerprint density at radius 1 is 1.36 bits per heavy atom. The fraction of sp³-hybridized carbons (Fsp3) is 0.308. The van der Waals surface area contributed by atoms with Crippen molar-refractivity contribution in [2.45, 2.75) is 25.7 Å². The van der Waals surface area contributed by atoms with Gasteiger partial charge in [0.1, 0.15) is 12.6 Å². The summed E-state index contributed by atoms with van der Waals surface area (Å²) in [5.41, 5.74) is 0.252. The van der Waals surface area contributed by atoms with Crippen molar-refractivity contribution in [3.05, 3.63) is 30.1 Å². The molecule has 0 spiro atoms. The molecule has 1 heterocycles. The van der Waals surface area contributed by atoms with Crippen LogP contribution >= 0.6 is 0 Å². The van der Waals surface area contributed by atoms with Crippen molar-refractivity contribution in [1.29, 1.82) is 0 Å². The number of aromatic nitrogens is 2. The van der Waals surface area contributed by atoms with Gasteiger partial charge in [0.2, 0.25) is 11.7 Å². The average Bonchev–Trinajstić information content (AvgIpc) is 2.77. The van der Waals surface area contributed by atoms with E-state index in [1.54, 1.807) is 0 Å². The molecular formula is C13H12F3N3O3. The lowest BCUT2D eigenvalue weighted by molar-refractivity contribution is -0.148. The van der Waals surface area contributed by atoms with Crippen LogP contribution in [0.1, 0.15) is 12.7 Å². The van der Waals surface area contributed by atoms with Crippen LogP contribution in [0.4, 0.5) is 13.2 Å². The highest BCUT2D eigenvalue weighted by Gasteiger charge is 2.38. The molecule has 1 atom stereocenters. The highest BCUT2D eigenvalue weighted by Crippen LogP contribution is 2.31. The van der Waals surface area contributed by atoms with E-state index in [0.717, 1.165) is 4.57 Å². The third-order valence-corrected chi connectivity index (χ3v) is 2.96. The predicted octanol–water partition coefficient (Wildman–Crippen LogP) is 1.64. The number of nitrogens with one attached hydrogen (secondary N) is 1. The zero-order chi connectivity index (χ0) is 16.5. The highest BCUT2D eigenvalue weighted by molar-refractivity contribution is 5.85. The van der Waals surface area contributed by atoms with Gasteiger partial charge in [-0.1, -0.05) is 12.1 Å². The second kappa shape index (κ2) is 5.66. The fourth-order valence-corrected chi connectivity index (χ4v) is 1.94. The number of nitrogens with zero attached hydrogens (tertiary/aromatic N) is 2. The van der Waals surface area contributed by atoms with Gasteiger partial charge < -0.3 is 15.0 Å². The molecule has 0 saturated carbocycles. The third-order valence-electron chi connectivity index (χ3n) is 2.96. The van der Waals surface area contributed by atoms with E-state index in [0.29, 0.717) is 0 Å². The number of carbonyl (C=O) groups is 2. The normalized spacial score (nSPS) is 13.1. The van der Waals surface area contributed by atoms with Crippen LogP contribution in [0.15, 0.2) is 24.3 Å². The summed E-state index contributed by atoms with van der Waals surface area (Å²) in [4.78, 5) is 25.9. The quantitative estimate of drug-likeness (QED) is 0.898. The smallest absolute Gasteiger partial charge is 0.449 e. The number of imidazole rings is 1. The number of fused-ring (bicyclic) bond motifs is 1. The van der Waals surface area contributed by atoms with Crippen LogP contribution in [0.25, 0.3) is 11.0 Å². The summed E-state index contributed by atoms with van der Waals surface area (Å²) in [7, 11) is 0. The summed E-state index contributed by atoms with van der Waals surface area (Å²) >= 11 is 0. The Hall–Kier alpha value is -2.58. The molecule has 0 radical (unpaired) electrons. The molecule has 1 aromatic heterocycles. The Bertz CT molecular complexity index is 724. The molecule has 0 fully saturated rings. The standard InChI is InChI=1S/C13H12F3N3O3/c1-7(11(21)22)17-10(20)6-19-9-5-3-2-4-8(9)18-12(19)13(14,15)16/h2-5,7H,6H2,1H3,(H,17,20)(H,21,22)/t7-/m0/s1. The summed E-state index contributed by atoms with van der Waals surface area (Å²) in [6.45, 7) is 0.546. The second-order valence-corrected chi connectivity index (χ2v) is 4.64. The maximum absolute atomic E-state index is 13.0. The molecule has 0 aliphatic rings. The molecule has 118 valence electrons. The van der Waals surface area contributed by atoms with Crippen LogP contribution in [-0.2, 0) is 22.3 Å². The number of carboxylic acid groups (broad SMARTS) is 1. The van der Waals surface area contributed by atoms with Gasteiger partial charge in [-0.15, -0.1) is 0 Å². The van der Waals surface area contributed by atoms with Crippen molar-refractivity contribution < 1.29 is 27.9 Å². The minimum absolute atomic E-state index is 0.105. The lowest BCUT2D eigenvalue weighted by atomic mass is 10.3. The van der Waals surface area contributed by atoms with E-state index in [1.165, 1.54) is 31.2 Å². The van der Waals surface area contributed by atoms with Crippen LogP contribution < -0.4 is 5.32 Å². The summed E-state index contributed by atoms with van der Waals surface area (Å²) in [6.07, 6.45) is -4.72. The lowest BCUT2D eigenvalue weighted by Crippen LogP contribution is -2.40. The molecule has 6 nitrogen and oxygen atoms in total. The zero-order valence-corrected chi connectivity index (χ0v) is 11.4. The van der Waals surface area contributed by atoms with Crippen molar-refractivity contribution in [2.75, 3.05) is 0 Å². The topological polar surface area (TPSA) is 84.2 Å². The molecule has 0 aliphatic carbocycles. The van der Waals surface area contributed by atoms with Gasteiger partial charge in [0.05, 0.1) is 11.0 Å². The van der Waals surface area contributed by atoms with E-state index in [1.807, 2.05) is 0 Å². The Kier molecular flexibility index (Phi) is 4.07. The maximum atomic E-state index is 13.0. The van der Waals surface area contributed by atoms with Gasteiger partial charge in [0, 0.05) is 0 Å². The van der Waals surface area contributed by atoms with E-state index >= 15 is 0 Å². The third kappa shape index (κ3) is 3.18. The van der Waals surface area contributed by atoms with Gasteiger partial charge in [0.25, 0.3) is 0 Å². The molecule has 1 amide bonds. The number of para-hydroxylation sites is 2. The second-order valence-electron chi connectivity index (χ2n) is 4.64. The maximum Gasteiger partial charge on any atom is 0.449 e. The zero-order valence-electron chi connectivity index (χ0n) is 11.4. The number of carboxylic acids is 1. The summed E-state index contributed by atoms with van der Waals surface area (Å²) in [6, 6.07) is 4.67. The van der Waals surface area contributed by atoms with Gasteiger partial charge in [-0.2, -0.15) is 13.2 Å². The molecular weight excluding hydrogens is 303 g/mol. The molecule has 0 saturated heterocycles. The van der Waals surface area contributed by atoms with E-state index in [9.17, 15) is 22.8 Å². The Morgan fingerprint density at radius 3 is 2.59 bits per heavy atom. The first-order valence-electron chi connectivity index (χ1n) is 6.25. The van der Waals surface area contributed by atoms with Crippen LogP contribution in [-0.4, -0.2) is 32.6 Å². The average molecular weight is 315 g/mol. The summed E-state index contributed by atoms with van der Waals surface area (Å²) in [5, 5.41) is 10.8. The Morgan fingerprint density at radius 2 is 2.00 bits per heavy atom. The monoisotopic (exact) mass is 315 g/mol. The van der Waals surface area contributed by atoms with Gasteiger partial charge in [-0.25, -0.2) is 4.98 Å². The molecule has 0 unspecified atom stereocenters. The van der Waals surface area contributed by atoms with Crippen LogP contribution in [0, 0.1) is 0 Å². The van der Waals surface area contributed by atoms with Crippen LogP contribution in [0.2, 0.25) is 0 Å². The molecule has 0 bridgehead atoms. The van der Waals surface area contributed by atoms with Crippen molar-refractivity contribution >= 4 is 22.9 Å². The van der Waals surface area contributed by atoms with Crippen molar-refractivity contribution in [1.82, 2.24) is 14.9 Å². The molecule has 22 heavy (non-hydrogen) atoms. The van der Waals surface area contributed by atoms with Gasteiger partial charge >= 0.3 is 12.1 Å². The van der Waals surface area contributed by atoms with Gasteiger partial charge in [0.15, 0.2) is 0 Å². The predicted molar refractivity (Wildman–Crippen MR) is 70.0 cm³/mol. The number of amides is 1. The van der Waals surface area contributed by atoms with Crippen molar-refractivity contribution in [3.8, 4) is 0 Å². The molecule has 2 N–H and O–H groups in total. The first-order valence-corrected chi connectivity index (χ1v) is 6.25. The molecule has 2 aromatic rings. The first-order chi connectivity index (χ1) is 10.2. The molecule has 9 heteroatoms. The molecule has 0 aliphatic heterocycles. The number of hydrogen-bond donors (Lipinski definition) is 2. The minimum atomic E-state index is -4.72. The summed E-state index contributed by atoms with van der Waals surface area (Å²) < 4.78 is 39.8. The van der Waals surface area contributed by atoms with E-state index in [4.69, 9.17) is 5.11 Å². The number of rotatable bonds is 4. The first kappa shape index (κ1) is 15.8. The Balaban J connectivity index is 2.37. The molecule has 1 aromatic carbocycles. The summed E-state index contributed by atoms with van der Waals surface area (Å²) in [5.74, 6) is -3.32. The van der Waals surface area contributed by atoms with Crippen LogP contribution in [0.3, 0.4) is 0 Å². The number of aliphatic carboxylic acids is 1. The number of benzene rings is 1. The van der Waals surface area contributed by atoms with E-state index in [-0.39, 0.29) is 11.0 Å². The number of halogens is 3. The largest absolute Gasteiger partial charge is 0.480 e. The number of alkyl halides is 3. The van der Waals surface area contributed by atoms with Gasteiger partial charge in [-0.3, -0.25) is 9.59 Å². The van der Waals surface area contributed by atoms with E-state index in [2.05, 4.69) is 10.3 Å². The molecule has 2 rings (SSSR count). The minimum Gasteiger partial charge on any atom is -0.480 e. The van der Waals surface area contributed by atoms with Crippen LogP contribution in [0.5, 0.6) is 0 Å². The number of carbonyl (C=O) groups excluding carboxylic acids is 1. The highest BCUT2D eigenvalue weighted by atomic mass is 19.4. The SMILES string of the molecule is C[C@H](NC(=O)Cn1c(C(F)(F)F)nc2ccccc21)C(=O)O. The lowest BCUT2D eigenvalue weighted by Gasteiger charge is -2.13. The van der Waals surface area contributed by atoms with Crippen molar-refractivity contribution in [3.63, 3.8) is 0 Å². The van der Waals surface area contributed by atoms with E-state index < -0.39 is 36.5 Å². The van der Waals surface area contributed by atoms with Gasteiger partial charge in [-0.05, 0) is 19.1 Å².